The molecule has 1 unspecified atom stereocenters. The Morgan fingerprint density at radius 2 is 1.84 bits per heavy atom. The first kappa shape index (κ1) is 15.9. The molecular formula is C13H22O6. The molecule has 110 valence electrons. The van der Waals surface area contributed by atoms with Gasteiger partial charge in [0.15, 0.2) is 0 Å². The summed E-state index contributed by atoms with van der Waals surface area (Å²) in [6, 6.07) is 0. The fourth-order valence-corrected chi connectivity index (χ4v) is 2.61. The van der Waals surface area contributed by atoms with Crippen LogP contribution in [0.4, 0.5) is 0 Å². The average Bonchev–Trinajstić information content (AvgIpc) is 2.82. The number of carboxylic acid groups (broad SMARTS) is 2. The second-order valence-electron chi connectivity index (χ2n) is 5.10. The normalized spacial score (nSPS) is 19.2. The zero-order valence-electron chi connectivity index (χ0n) is 11.3. The zero-order chi connectivity index (χ0) is 14.3. The second kappa shape index (κ2) is 7.45. The van der Waals surface area contributed by atoms with Crippen LogP contribution in [-0.4, -0.2) is 49.1 Å². The van der Waals surface area contributed by atoms with Gasteiger partial charge < -0.3 is 19.7 Å². The van der Waals surface area contributed by atoms with Gasteiger partial charge in [0.25, 0.3) is 0 Å². The minimum absolute atomic E-state index is 0.0354. The molecule has 1 rings (SSSR count). The van der Waals surface area contributed by atoms with Crippen molar-refractivity contribution < 1.29 is 29.3 Å². The van der Waals surface area contributed by atoms with Crippen LogP contribution in [0.5, 0.6) is 0 Å². The third-order valence-electron chi connectivity index (χ3n) is 3.75. The molecule has 1 fully saturated rings. The van der Waals surface area contributed by atoms with Gasteiger partial charge in [0, 0.05) is 7.11 Å². The summed E-state index contributed by atoms with van der Waals surface area (Å²) in [6.07, 6.45) is 2.96. The van der Waals surface area contributed by atoms with E-state index in [0.717, 1.165) is 12.8 Å². The van der Waals surface area contributed by atoms with Crippen molar-refractivity contribution in [3.05, 3.63) is 0 Å². The van der Waals surface area contributed by atoms with E-state index in [1.54, 1.807) is 0 Å². The highest BCUT2D eigenvalue weighted by atomic mass is 16.5. The molecular weight excluding hydrogens is 252 g/mol. The smallest absolute Gasteiger partial charge is 0.309 e. The summed E-state index contributed by atoms with van der Waals surface area (Å²) in [7, 11) is 1.54. The molecule has 0 aromatic heterocycles. The molecule has 6 nitrogen and oxygen atoms in total. The highest BCUT2D eigenvalue weighted by molar-refractivity contribution is 5.77. The summed E-state index contributed by atoms with van der Waals surface area (Å²) in [4.78, 5) is 22.6. The fraction of sp³-hybridized carbons (Fsp3) is 0.846. The molecule has 0 heterocycles. The molecule has 6 heteroatoms. The molecule has 1 aliphatic carbocycles. The number of ether oxygens (including phenoxy) is 2. The SMILES string of the molecule is COCCOCC(CC1(C(=O)O)CCCC1)C(=O)O. The van der Waals surface area contributed by atoms with Gasteiger partial charge in [-0.25, -0.2) is 0 Å². The van der Waals surface area contributed by atoms with Crippen molar-refractivity contribution in [3.63, 3.8) is 0 Å². The van der Waals surface area contributed by atoms with Gasteiger partial charge in [-0.1, -0.05) is 12.8 Å². The van der Waals surface area contributed by atoms with Crippen LogP contribution in [0, 0.1) is 11.3 Å². The van der Waals surface area contributed by atoms with Crippen molar-refractivity contribution >= 4 is 11.9 Å². The molecule has 1 aliphatic rings. The Morgan fingerprint density at radius 3 is 2.32 bits per heavy atom. The number of rotatable bonds is 9. The van der Waals surface area contributed by atoms with Crippen LogP contribution in [0.25, 0.3) is 0 Å². The van der Waals surface area contributed by atoms with Crippen LogP contribution < -0.4 is 0 Å². The molecule has 0 aliphatic heterocycles. The van der Waals surface area contributed by atoms with Crippen LogP contribution in [0.1, 0.15) is 32.1 Å². The highest BCUT2D eigenvalue weighted by Crippen LogP contribution is 2.43. The second-order valence-corrected chi connectivity index (χ2v) is 5.10. The molecule has 0 radical (unpaired) electrons. The first-order chi connectivity index (χ1) is 9.02. The number of hydrogen-bond acceptors (Lipinski definition) is 4. The number of aliphatic carboxylic acids is 2. The maximum atomic E-state index is 11.4. The monoisotopic (exact) mass is 274 g/mol. The van der Waals surface area contributed by atoms with E-state index in [0.29, 0.717) is 26.1 Å². The molecule has 0 spiro atoms. The van der Waals surface area contributed by atoms with Crippen LogP contribution >= 0.6 is 0 Å². The molecule has 0 aromatic rings. The van der Waals surface area contributed by atoms with Gasteiger partial charge in [0.05, 0.1) is 31.2 Å². The first-order valence-electron chi connectivity index (χ1n) is 6.55. The van der Waals surface area contributed by atoms with E-state index in [9.17, 15) is 19.8 Å². The van der Waals surface area contributed by atoms with Crippen LogP contribution in [0.3, 0.4) is 0 Å². The summed E-state index contributed by atoms with van der Waals surface area (Å²) in [6.45, 7) is 0.754. The molecule has 1 atom stereocenters. The van der Waals surface area contributed by atoms with Crippen molar-refractivity contribution in [1.82, 2.24) is 0 Å². The zero-order valence-corrected chi connectivity index (χ0v) is 11.3. The maximum absolute atomic E-state index is 11.4. The number of carbonyl (C=O) groups is 2. The van der Waals surface area contributed by atoms with E-state index in [-0.39, 0.29) is 13.0 Å². The van der Waals surface area contributed by atoms with Crippen LogP contribution in [0.15, 0.2) is 0 Å². The summed E-state index contributed by atoms with van der Waals surface area (Å²) >= 11 is 0. The quantitative estimate of drug-likeness (QED) is 0.617. The Morgan fingerprint density at radius 1 is 1.21 bits per heavy atom. The Bertz CT molecular complexity index is 308. The Labute approximate surface area is 112 Å². The van der Waals surface area contributed by atoms with Crippen molar-refractivity contribution in [2.24, 2.45) is 11.3 Å². The van der Waals surface area contributed by atoms with Crippen LogP contribution in [0.2, 0.25) is 0 Å². The minimum Gasteiger partial charge on any atom is -0.481 e. The van der Waals surface area contributed by atoms with Crippen molar-refractivity contribution in [3.8, 4) is 0 Å². The summed E-state index contributed by atoms with van der Waals surface area (Å²) < 4.78 is 10.0. The predicted molar refractivity (Wildman–Crippen MR) is 67.0 cm³/mol. The first-order valence-corrected chi connectivity index (χ1v) is 6.55. The van der Waals surface area contributed by atoms with E-state index in [1.165, 1.54) is 7.11 Å². The molecule has 0 aromatic carbocycles. The Kier molecular flexibility index (Phi) is 6.24. The lowest BCUT2D eigenvalue weighted by molar-refractivity contribution is -0.153. The van der Waals surface area contributed by atoms with E-state index in [4.69, 9.17) is 9.47 Å². The van der Waals surface area contributed by atoms with Gasteiger partial charge in [-0.15, -0.1) is 0 Å². The van der Waals surface area contributed by atoms with Crippen molar-refractivity contribution in [1.29, 1.82) is 0 Å². The molecule has 0 bridgehead atoms. The largest absolute Gasteiger partial charge is 0.481 e. The van der Waals surface area contributed by atoms with Gasteiger partial charge >= 0.3 is 11.9 Å². The standard InChI is InChI=1S/C13H22O6/c1-18-6-7-19-9-10(11(14)15)8-13(12(16)17)4-2-3-5-13/h10H,2-9H2,1H3,(H,14,15)(H,16,17). The molecule has 2 N–H and O–H groups in total. The van der Waals surface area contributed by atoms with E-state index in [1.807, 2.05) is 0 Å². The van der Waals surface area contributed by atoms with Crippen molar-refractivity contribution in [2.75, 3.05) is 26.9 Å². The maximum Gasteiger partial charge on any atom is 0.309 e. The topological polar surface area (TPSA) is 93.1 Å². The number of hydrogen-bond donors (Lipinski definition) is 2. The molecule has 0 amide bonds. The highest BCUT2D eigenvalue weighted by Gasteiger charge is 2.44. The molecule has 0 saturated heterocycles. The van der Waals surface area contributed by atoms with Gasteiger partial charge in [-0.3, -0.25) is 9.59 Å². The summed E-state index contributed by atoms with van der Waals surface area (Å²) in [5.74, 6) is -2.65. The Hall–Kier alpha value is -1.14. The molecule has 1 saturated carbocycles. The van der Waals surface area contributed by atoms with Gasteiger partial charge in [-0.2, -0.15) is 0 Å². The minimum atomic E-state index is -0.995. The van der Waals surface area contributed by atoms with Gasteiger partial charge in [0.2, 0.25) is 0 Å². The fourth-order valence-electron chi connectivity index (χ4n) is 2.61. The number of methoxy groups -OCH3 is 1. The van der Waals surface area contributed by atoms with Gasteiger partial charge in [0.1, 0.15) is 0 Å². The van der Waals surface area contributed by atoms with E-state index < -0.39 is 23.3 Å². The summed E-state index contributed by atoms with van der Waals surface area (Å²) in [5, 5.41) is 18.5. The lowest BCUT2D eigenvalue weighted by atomic mass is 9.78. The Balaban J connectivity index is 2.56. The van der Waals surface area contributed by atoms with Gasteiger partial charge in [-0.05, 0) is 19.3 Å². The van der Waals surface area contributed by atoms with Crippen LogP contribution in [-0.2, 0) is 19.1 Å². The molecule has 19 heavy (non-hydrogen) atoms. The average molecular weight is 274 g/mol. The number of carboxylic acids is 2. The van der Waals surface area contributed by atoms with Crippen molar-refractivity contribution in [2.45, 2.75) is 32.1 Å². The van der Waals surface area contributed by atoms with E-state index >= 15 is 0 Å². The summed E-state index contributed by atoms with van der Waals surface area (Å²) in [5.41, 5.74) is -0.881. The lowest BCUT2D eigenvalue weighted by Crippen LogP contribution is -2.34. The van der Waals surface area contributed by atoms with E-state index in [2.05, 4.69) is 0 Å². The predicted octanol–water partition coefficient (Wildman–Crippen LogP) is 1.39. The third-order valence-corrected chi connectivity index (χ3v) is 3.75. The third kappa shape index (κ3) is 4.47. The lowest BCUT2D eigenvalue weighted by Gasteiger charge is -2.27.